The van der Waals surface area contributed by atoms with E-state index in [1.54, 1.807) is 36.2 Å². The molecule has 2 heterocycles. The molecule has 8 heteroatoms. The summed E-state index contributed by atoms with van der Waals surface area (Å²) in [6, 6.07) is 11.5. The summed E-state index contributed by atoms with van der Waals surface area (Å²) < 4.78 is 19.5. The number of carboxylic acid groups (broad SMARTS) is 1. The van der Waals surface area contributed by atoms with Crippen molar-refractivity contribution in [3.8, 4) is 16.9 Å². The van der Waals surface area contributed by atoms with Gasteiger partial charge in [-0.15, -0.1) is 0 Å². The van der Waals surface area contributed by atoms with E-state index in [0.717, 1.165) is 23.8 Å². The number of hydrogen-bond donors (Lipinski definition) is 1. The summed E-state index contributed by atoms with van der Waals surface area (Å²) in [6.07, 6.45) is 3.95. The first kappa shape index (κ1) is 23.5. The quantitative estimate of drug-likeness (QED) is 0.483. The molecular weight excluding hydrogens is 471 g/mol. The summed E-state index contributed by atoms with van der Waals surface area (Å²) in [5.41, 5.74) is 1.53. The molecule has 2 aromatic carbocycles. The van der Waals surface area contributed by atoms with Crippen LogP contribution >= 0.6 is 11.6 Å². The number of fused-ring (bicyclic) bond motifs is 1. The SMILES string of the molecule is C[C@@H](Oc1ccc2c(-c3ccc(F)cc3Cl)ccnc2c1)C(=O)N1CCCC(C2(C(=O)O)CC2)C1. The van der Waals surface area contributed by atoms with Gasteiger partial charge in [-0.2, -0.15) is 0 Å². The van der Waals surface area contributed by atoms with Crippen LogP contribution in [-0.2, 0) is 9.59 Å². The third-order valence-electron chi connectivity index (χ3n) is 7.33. The predicted octanol–water partition coefficient (Wildman–Crippen LogP) is 5.57. The summed E-state index contributed by atoms with van der Waals surface area (Å²) in [5.74, 6) is -0.791. The maximum atomic E-state index is 13.5. The van der Waals surface area contributed by atoms with Gasteiger partial charge in [-0.25, -0.2) is 4.39 Å². The zero-order valence-corrected chi connectivity index (χ0v) is 20.1. The zero-order chi connectivity index (χ0) is 24.7. The Kier molecular flexibility index (Phi) is 6.13. The highest BCUT2D eigenvalue weighted by atomic mass is 35.5. The number of amides is 1. The van der Waals surface area contributed by atoms with Gasteiger partial charge in [0.05, 0.1) is 16.0 Å². The van der Waals surface area contributed by atoms with Crippen molar-refractivity contribution in [3.63, 3.8) is 0 Å². The Labute approximate surface area is 207 Å². The highest BCUT2D eigenvalue weighted by Gasteiger charge is 2.56. The lowest BCUT2D eigenvalue weighted by atomic mass is 9.82. The van der Waals surface area contributed by atoms with Crippen molar-refractivity contribution in [1.82, 2.24) is 9.88 Å². The van der Waals surface area contributed by atoms with E-state index < -0.39 is 23.3 Å². The van der Waals surface area contributed by atoms with Gasteiger partial charge < -0.3 is 14.7 Å². The molecule has 1 saturated heterocycles. The molecule has 1 aromatic heterocycles. The maximum Gasteiger partial charge on any atom is 0.309 e. The molecule has 35 heavy (non-hydrogen) atoms. The van der Waals surface area contributed by atoms with Crippen molar-refractivity contribution in [3.05, 3.63) is 59.5 Å². The van der Waals surface area contributed by atoms with E-state index in [4.69, 9.17) is 16.3 Å². The number of nitrogens with zero attached hydrogens (tertiary/aromatic N) is 2. The Balaban J connectivity index is 1.32. The van der Waals surface area contributed by atoms with Gasteiger partial charge in [0.25, 0.3) is 5.91 Å². The lowest BCUT2D eigenvalue weighted by molar-refractivity contribution is -0.149. The van der Waals surface area contributed by atoms with Crippen molar-refractivity contribution in [2.75, 3.05) is 13.1 Å². The minimum Gasteiger partial charge on any atom is -0.481 e. The number of piperidine rings is 1. The molecule has 5 rings (SSSR count). The van der Waals surface area contributed by atoms with Crippen LogP contribution < -0.4 is 4.74 Å². The molecule has 2 aliphatic rings. The lowest BCUT2D eigenvalue weighted by Crippen LogP contribution is -2.48. The van der Waals surface area contributed by atoms with Crippen LogP contribution in [0.1, 0.15) is 32.6 Å². The van der Waals surface area contributed by atoms with Crippen LogP contribution in [-0.4, -0.2) is 46.1 Å². The van der Waals surface area contributed by atoms with Gasteiger partial charge in [-0.05, 0) is 80.5 Å². The first-order chi connectivity index (χ1) is 16.8. The van der Waals surface area contributed by atoms with E-state index in [1.807, 2.05) is 12.1 Å². The first-order valence-corrected chi connectivity index (χ1v) is 12.2. The summed E-state index contributed by atoms with van der Waals surface area (Å²) in [4.78, 5) is 31.0. The normalized spacial score (nSPS) is 19.9. The molecule has 1 saturated carbocycles. The molecule has 0 radical (unpaired) electrons. The molecule has 182 valence electrons. The van der Waals surface area contributed by atoms with E-state index in [2.05, 4.69) is 4.98 Å². The minimum atomic E-state index is -0.744. The van der Waals surface area contributed by atoms with E-state index in [9.17, 15) is 19.1 Å². The molecule has 1 unspecified atom stereocenters. The van der Waals surface area contributed by atoms with Crippen molar-refractivity contribution < 1.29 is 23.8 Å². The van der Waals surface area contributed by atoms with Crippen LogP contribution in [0.2, 0.25) is 5.02 Å². The number of likely N-dealkylation sites (tertiary alicyclic amines) is 1. The molecule has 1 amide bonds. The molecule has 2 fully saturated rings. The highest BCUT2D eigenvalue weighted by Crippen LogP contribution is 2.54. The molecule has 0 spiro atoms. The van der Waals surface area contributed by atoms with Crippen molar-refractivity contribution in [1.29, 1.82) is 0 Å². The minimum absolute atomic E-state index is 0.00789. The van der Waals surface area contributed by atoms with Gasteiger partial charge in [-0.1, -0.05) is 11.6 Å². The second kappa shape index (κ2) is 9.11. The molecule has 1 aliphatic heterocycles. The summed E-state index contributed by atoms with van der Waals surface area (Å²) >= 11 is 6.27. The molecule has 6 nitrogen and oxygen atoms in total. The van der Waals surface area contributed by atoms with E-state index >= 15 is 0 Å². The summed E-state index contributed by atoms with van der Waals surface area (Å²) in [7, 11) is 0. The van der Waals surface area contributed by atoms with Gasteiger partial charge in [0.1, 0.15) is 11.6 Å². The number of carboxylic acids is 1. The third-order valence-corrected chi connectivity index (χ3v) is 7.64. The molecule has 0 bridgehead atoms. The number of carbonyl (C=O) groups is 2. The van der Waals surface area contributed by atoms with E-state index in [-0.39, 0.29) is 11.8 Å². The Hall–Kier alpha value is -3.19. The fourth-order valence-electron chi connectivity index (χ4n) is 5.22. The fraction of sp³-hybridized carbons (Fsp3) is 0.370. The van der Waals surface area contributed by atoms with E-state index in [0.29, 0.717) is 47.8 Å². The molecule has 3 aromatic rings. The number of ether oxygens (including phenoxy) is 1. The van der Waals surface area contributed by atoms with Crippen LogP contribution in [0.15, 0.2) is 48.7 Å². The standard InChI is InChI=1S/C27H26ClFN2O4/c1-16(25(32)31-12-2-3-17(15-31)27(9-10-27)26(33)34)35-19-5-7-22-20(8-11-30-24(22)14-19)21-6-4-18(29)13-23(21)28/h4-8,11,13-14,16-17H,2-3,9-10,12,15H2,1H3,(H,33,34)/t16-,17?/m1/s1. The first-order valence-electron chi connectivity index (χ1n) is 11.8. The van der Waals surface area contributed by atoms with Crippen molar-refractivity contribution >= 4 is 34.4 Å². The Morgan fingerprint density at radius 1 is 1.20 bits per heavy atom. The van der Waals surface area contributed by atoms with Crippen molar-refractivity contribution in [2.24, 2.45) is 11.3 Å². The number of hydrogen-bond acceptors (Lipinski definition) is 4. The van der Waals surface area contributed by atoms with Gasteiger partial charge in [0.15, 0.2) is 6.10 Å². The molecule has 1 N–H and O–H groups in total. The summed E-state index contributed by atoms with van der Waals surface area (Å²) in [5, 5.41) is 10.8. The second-order valence-electron chi connectivity index (χ2n) is 9.51. The topological polar surface area (TPSA) is 79.7 Å². The largest absolute Gasteiger partial charge is 0.481 e. The van der Waals surface area contributed by atoms with Crippen molar-refractivity contribution in [2.45, 2.75) is 38.7 Å². The summed E-state index contributed by atoms with van der Waals surface area (Å²) in [6.45, 7) is 2.78. The van der Waals surface area contributed by atoms with Crippen LogP contribution in [0.5, 0.6) is 5.75 Å². The van der Waals surface area contributed by atoms with Crippen LogP contribution in [0, 0.1) is 17.2 Å². The molecule has 1 aliphatic carbocycles. The average molecular weight is 497 g/mol. The van der Waals surface area contributed by atoms with Gasteiger partial charge in [0, 0.05) is 36.3 Å². The molecular formula is C27H26ClFN2O4. The number of aliphatic carboxylic acids is 1. The number of pyridine rings is 1. The van der Waals surface area contributed by atoms with Gasteiger partial charge in [-0.3, -0.25) is 14.6 Å². The zero-order valence-electron chi connectivity index (χ0n) is 19.3. The maximum absolute atomic E-state index is 13.5. The number of halogens is 2. The smallest absolute Gasteiger partial charge is 0.309 e. The Morgan fingerprint density at radius 3 is 2.71 bits per heavy atom. The number of carbonyl (C=O) groups excluding carboxylic acids is 1. The van der Waals surface area contributed by atoms with Gasteiger partial charge in [0.2, 0.25) is 0 Å². The molecule has 2 atom stereocenters. The average Bonchev–Trinajstić information content (AvgIpc) is 3.66. The lowest BCUT2D eigenvalue weighted by Gasteiger charge is -2.37. The van der Waals surface area contributed by atoms with Crippen LogP contribution in [0.4, 0.5) is 4.39 Å². The number of aromatic nitrogens is 1. The second-order valence-corrected chi connectivity index (χ2v) is 9.91. The Bertz CT molecular complexity index is 1310. The van der Waals surface area contributed by atoms with Crippen LogP contribution in [0.3, 0.4) is 0 Å². The number of benzene rings is 2. The van der Waals surface area contributed by atoms with Crippen LogP contribution in [0.25, 0.3) is 22.0 Å². The fourth-order valence-corrected chi connectivity index (χ4v) is 5.48. The van der Waals surface area contributed by atoms with E-state index in [1.165, 1.54) is 12.1 Å². The third kappa shape index (κ3) is 4.45. The predicted molar refractivity (Wildman–Crippen MR) is 131 cm³/mol. The highest BCUT2D eigenvalue weighted by molar-refractivity contribution is 6.33. The number of rotatable bonds is 6. The van der Waals surface area contributed by atoms with Gasteiger partial charge >= 0.3 is 5.97 Å². The monoisotopic (exact) mass is 496 g/mol. The Morgan fingerprint density at radius 2 is 2.00 bits per heavy atom.